The van der Waals surface area contributed by atoms with Crippen LogP contribution in [0.25, 0.3) is 11.5 Å². The first-order chi connectivity index (χ1) is 14.5. The van der Waals surface area contributed by atoms with Gasteiger partial charge in [-0.05, 0) is 48.9 Å². The van der Waals surface area contributed by atoms with Gasteiger partial charge in [0, 0.05) is 30.1 Å². The van der Waals surface area contributed by atoms with E-state index in [0.29, 0.717) is 30.6 Å². The Labute approximate surface area is 178 Å². The van der Waals surface area contributed by atoms with Crippen LogP contribution < -0.4 is 9.64 Å². The molecule has 0 spiro atoms. The Bertz CT molecular complexity index is 1040. The summed E-state index contributed by atoms with van der Waals surface area (Å²) in [6.07, 6.45) is 2.34. The van der Waals surface area contributed by atoms with E-state index in [-0.39, 0.29) is 23.3 Å². The first-order valence-electron chi connectivity index (χ1n) is 9.87. The molecular weight excluding hydrogens is 409 g/mol. The summed E-state index contributed by atoms with van der Waals surface area (Å²) >= 11 is 5.85. The molecule has 1 atom stereocenters. The van der Waals surface area contributed by atoms with Gasteiger partial charge < -0.3 is 14.2 Å². The SMILES string of the molecule is CCCCOc1ccc(-c2nc([C@H]3CC(=O)N(c4ccc(F)c(Cl)c4)C3)no2)cc1. The number of nitrogens with zero attached hydrogens (tertiary/aromatic N) is 3. The molecule has 1 aromatic heterocycles. The molecule has 2 aromatic carbocycles. The molecule has 1 aliphatic rings. The molecule has 0 radical (unpaired) electrons. The van der Waals surface area contributed by atoms with Crippen LogP contribution >= 0.6 is 11.6 Å². The second-order valence-electron chi connectivity index (χ2n) is 7.19. The fourth-order valence-corrected chi connectivity index (χ4v) is 3.50. The zero-order chi connectivity index (χ0) is 21.1. The van der Waals surface area contributed by atoms with E-state index >= 15 is 0 Å². The van der Waals surface area contributed by atoms with Gasteiger partial charge in [-0.1, -0.05) is 30.1 Å². The minimum atomic E-state index is -0.520. The van der Waals surface area contributed by atoms with E-state index in [9.17, 15) is 9.18 Å². The summed E-state index contributed by atoms with van der Waals surface area (Å²) in [7, 11) is 0. The summed E-state index contributed by atoms with van der Waals surface area (Å²) in [5.41, 5.74) is 1.33. The Hall–Kier alpha value is -2.93. The van der Waals surface area contributed by atoms with Crippen molar-refractivity contribution in [2.75, 3.05) is 18.1 Å². The molecular formula is C22H21ClFN3O3. The Morgan fingerprint density at radius 1 is 1.27 bits per heavy atom. The number of carbonyl (C=O) groups excluding carboxylic acids is 1. The number of aromatic nitrogens is 2. The highest BCUT2D eigenvalue weighted by molar-refractivity contribution is 6.31. The average Bonchev–Trinajstić information content (AvgIpc) is 3.38. The minimum Gasteiger partial charge on any atom is -0.494 e. The van der Waals surface area contributed by atoms with Crippen molar-refractivity contribution in [3.8, 4) is 17.2 Å². The molecule has 0 saturated carbocycles. The molecule has 30 heavy (non-hydrogen) atoms. The largest absolute Gasteiger partial charge is 0.494 e. The molecule has 2 heterocycles. The number of unbranched alkanes of at least 4 members (excludes halogenated alkanes) is 1. The molecule has 3 aromatic rings. The third-order valence-corrected chi connectivity index (χ3v) is 5.30. The predicted molar refractivity (Wildman–Crippen MR) is 111 cm³/mol. The first kappa shape index (κ1) is 20.3. The first-order valence-corrected chi connectivity index (χ1v) is 10.2. The number of ether oxygens (including phenoxy) is 1. The summed E-state index contributed by atoms with van der Waals surface area (Å²) in [5, 5.41) is 4.05. The quantitative estimate of drug-likeness (QED) is 0.481. The number of hydrogen-bond donors (Lipinski definition) is 0. The zero-order valence-corrected chi connectivity index (χ0v) is 17.2. The van der Waals surface area contributed by atoms with E-state index in [0.717, 1.165) is 24.2 Å². The second-order valence-corrected chi connectivity index (χ2v) is 7.60. The van der Waals surface area contributed by atoms with E-state index in [4.69, 9.17) is 20.9 Å². The maximum atomic E-state index is 13.4. The van der Waals surface area contributed by atoms with Crippen LogP contribution in [0.2, 0.25) is 5.02 Å². The number of hydrogen-bond acceptors (Lipinski definition) is 5. The zero-order valence-electron chi connectivity index (χ0n) is 16.5. The summed E-state index contributed by atoms with van der Waals surface area (Å²) in [4.78, 5) is 18.5. The monoisotopic (exact) mass is 429 g/mol. The molecule has 156 valence electrons. The Balaban J connectivity index is 1.45. The maximum Gasteiger partial charge on any atom is 0.257 e. The van der Waals surface area contributed by atoms with Crippen molar-refractivity contribution >= 4 is 23.2 Å². The van der Waals surface area contributed by atoms with Crippen LogP contribution in [0.1, 0.15) is 37.9 Å². The molecule has 4 rings (SSSR count). The van der Waals surface area contributed by atoms with Crippen LogP contribution in [0.3, 0.4) is 0 Å². The molecule has 1 amide bonds. The molecule has 0 aliphatic carbocycles. The van der Waals surface area contributed by atoms with Crippen LogP contribution in [-0.4, -0.2) is 29.2 Å². The molecule has 0 unspecified atom stereocenters. The van der Waals surface area contributed by atoms with Crippen molar-refractivity contribution in [2.24, 2.45) is 0 Å². The number of amides is 1. The van der Waals surface area contributed by atoms with Crippen LogP contribution in [0, 0.1) is 5.82 Å². The van der Waals surface area contributed by atoms with Crippen molar-refractivity contribution in [3.63, 3.8) is 0 Å². The smallest absolute Gasteiger partial charge is 0.257 e. The number of halogens is 2. The van der Waals surface area contributed by atoms with E-state index < -0.39 is 5.82 Å². The summed E-state index contributed by atoms with van der Waals surface area (Å²) in [6.45, 7) is 3.18. The van der Waals surface area contributed by atoms with E-state index in [1.807, 2.05) is 24.3 Å². The third kappa shape index (κ3) is 4.31. The minimum absolute atomic E-state index is 0.0206. The van der Waals surface area contributed by atoms with E-state index in [1.165, 1.54) is 18.2 Å². The lowest BCUT2D eigenvalue weighted by atomic mass is 10.1. The number of carbonyl (C=O) groups is 1. The highest BCUT2D eigenvalue weighted by Gasteiger charge is 2.35. The topological polar surface area (TPSA) is 68.5 Å². The van der Waals surface area contributed by atoms with Gasteiger partial charge in [-0.15, -0.1) is 0 Å². The molecule has 1 saturated heterocycles. The lowest BCUT2D eigenvalue weighted by molar-refractivity contribution is -0.117. The Morgan fingerprint density at radius 3 is 2.80 bits per heavy atom. The van der Waals surface area contributed by atoms with Crippen molar-refractivity contribution in [3.05, 3.63) is 59.1 Å². The number of benzene rings is 2. The van der Waals surface area contributed by atoms with E-state index in [1.54, 1.807) is 4.90 Å². The average molecular weight is 430 g/mol. The van der Waals surface area contributed by atoms with Crippen molar-refractivity contribution < 1.29 is 18.4 Å². The molecule has 6 nitrogen and oxygen atoms in total. The molecule has 0 N–H and O–H groups in total. The van der Waals surface area contributed by atoms with E-state index in [2.05, 4.69) is 17.1 Å². The van der Waals surface area contributed by atoms with Crippen molar-refractivity contribution in [2.45, 2.75) is 32.1 Å². The van der Waals surface area contributed by atoms with Gasteiger partial charge in [-0.25, -0.2) is 4.39 Å². The summed E-state index contributed by atoms with van der Waals surface area (Å²) in [6, 6.07) is 11.7. The van der Waals surface area contributed by atoms with Gasteiger partial charge in [0.1, 0.15) is 11.6 Å². The van der Waals surface area contributed by atoms with Crippen LogP contribution in [-0.2, 0) is 4.79 Å². The standard InChI is InChI=1S/C22H21ClFN3O3/c1-2-3-10-29-17-7-4-14(5-8-17)22-25-21(26-30-22)15-11-20(28)27(13-15)16-6-9-19(24)18(23)12-16/h4-9,12,15H,2-3,10-11,13H2,1H3/t15-/m0/s1. The lowest BCUT2D eigenvalue weighted by Crippen LogP contribution is -2.24. The summed E-state index contributed by atoms with van der Waals surface area (Å²) < 4.78 is 24.5. The Morgan fingerprint density at radius 2 is 2.07 bits per heavy atom. The fraction of sp³-hybridized carbons (Fsp3) is 0.318. The fourth-order valence-electron chi connectivity index (χ4n) is 3.33. The summed E-state index contributed by atoms with van der Waals surface area (Å²) in [5.74, 6) is 0.825. The van der Waals surface area contributed by atoms with Gasteiger partial charge in [0.05, 0.1) is 11.6 Å². The van der Waals surface area contributed by atoms with Crippen LogP contribution in [0.4, 0.5) is 10.1 Å². The van der Waals surface area contributed by atoms with Gasteiger partial charge in [0.15, 0.2) is 5.82 Å². The molecule has 1 aliphatic heterocycles. The van der Waals surface area contributed by atoms with Crippen molar-refractivity contribution in [1.29, 1.82) is 0 Å². The maximum absolute atomic E-state index is 13.4. The van der Waals surface area contributed by atoms with Crippen LogP contribution in [0.15, 0.2) is 47.0 Å². The normalized spacial score (nSPS) is 16.3. The highest BCUT2D eigenvalue weighted by atomic mass is 35.5. The number of anilines is 1. The number of rotatable bonds is 7. The van der Waals surface area contributed by atoms with Gasteiger partial charge in [-0.3, -0.25) is 4.79 Å². The van der Waals surface area contributed by atoms with Gasteiger partial charge >= 0.3 is 0 Å². The second kappa shape index (κ2) is 8.83. The lowest BCUT2D eigenvalue weighted by Gasteiger charge is -2.16. The van der Waals surface area contributed by atoms with Gasteiger partial charge in [0.25, 0.3) is 5.89 Å². The van der Waals surface area contributed by atoms with Gasteiger partial charge in [0.2, 0.25) is 5.91 Å². The Kier molecular flexibility index (Phi) is 5.99. The third-order valence-electron chi connectivity index (χ3n) is 5.01. The highest BCUT2D eigenvalue weighted by Crippen LogP contribution is 2.33. The molecule has 8 heteroatoms. The van der Waals surface area contributed by atoms with Gasteiger partial charge in [-0.2, -0.15) is 4.98 Å². The predicted octanol–water partition coefficient (Wildman–Crippen LogP) is 5.23. The van der Waals surface area contributed by atoms with Crippen molar-refractivity contribution in [1.82, 2.24) is 10.1 Å². The van der Waals surface area contributed by atoms with Crippen LogP contribution in [0.5, 0.6) is 5.75 Å². The molecule has 0 bridgehead atoms. The molecule has 1 fully saturated rings.